The SMILES string of the molecule is CCC(=O)[C@H]1CCCN(c2ccccc2I)C1=O. The van der Waals surface area contributed by atoms with Crippen LogP contribution in [0.25, 0.3) is 0 Å². The number of amides is 1. The average Bonchev–Trinajstić information content (AvgIpc) is 2.39. The number of piperidine rings is 1. The van der Waals surface area contributed by atoms with E-state index in [1.54, 1.807) is 4.90 Å². The highest BCUT2D eigenvalue weighted by atomic mass is 127. The Bertz CT molecular complexity index is 473. The zero-order chi connectivity index (χ0) is 13.1. The van der Waals surface area contributed by atoms with Gasteiger partial charge in [-0.3, -0.25) is 9.59 Å². The van der Waals surface area contributed by atoms with Crippen LogP contribution in [0.4, 0.5) is 5.69 Å². The van der Waals surface area contributed by atoms with Gasteiger partial charge < -0.3 is 4.90 Å². The van der Waals surface area contributed by atoms with Crippen LogP contribution in [0, 0.1) is 9.49 Å². The summed E-state index contributed by atoms with van der Waals surface area (Å²) in [7, 11) is 0. The molecule has 1 aliphatic heterocycles. The maximum atomic E-state index is 12.4. The van der Waals surface area contributed by atoms with Gasteiger partial charge in [0, 0.05) is 16.5 Å². The molecule has 1 amide bonds. The van der Waals surface area contributed by atoms with Crippen LogP contribution in [-0.4, -0.2) is 18.2 Å². The fourth-order valence-corrected chi connectivity index (χ4v) is 3.01. The van der Waals surface area contributed by atoms with Crippen LogP contribution >= 0.6 is 22.6 Å². The molecule has 0 radical (unpaired) electrons. The highest BCUT2D eigenvalue weighted by Crippen LogP contribution is 2.28. The van der Waals surface area contributed by atoms with E-state index in [1.807, 2.05) is 31.2 Å². The second-order valence-electron chi connectivity index (χ2n) is 4.46. The summed E-state index contributed by atoms with van der Waals surface area (Å²) in [6, 6.07) is 7.80. The van der Waals surface area contributed by atoms with Gasteiger partial charge in [0.05, 0.1) is 11.6 Å². The first-order chi connectivity index (χ1) is 8.65. The first-order valence-electron chi connectivity index (χ1n) is 6.23. The van der Waals surface area contributed by atoms with Gasteiger partial charge in [0.2, 0.25) is 5.91 Å². The van der Waals surface area contributed by atoms with Crippen LogP contribution in [0.15, 0.2) is 24.3 Å². The van der Waals surface area contributed by atoms with Crippen molar-refractivity contribution in [3.63, 3.8) is 0 Å². The van der Waals surface area contributed by atoms with Gasteiger partial charge >= 0.3 is 0 Å². The van der Waals surface area contributed by atoms with Crippen LogP contribution in [-0.2, 0) is 9.59 Å². The Balaban J connectivity index is 2.27. The van der Waals surface area contributed by atoms with Gasteiger partial charge in [0.15, 0.2) is 0 Å². The van der Waals surface area contributed by atoms with Gasteiger partial charge in [-0.1, -0.05) is 19.1 Å². The van der Waals surface area contributed by atoms with Crippen molar-refractivity contribution in [2.45, 2.75) is 26.2 Å². The van der Waals surface area contributed by atoms with Crippen LogP contribution in [0.2, 0.25) is 0 Å². The molecule has 0 bridgehead atoms. The molecule has 96 valence electrons. The third kappa shape index (κ3) is 2.58. The quantitative estimate of drug-likeness (QED) is 0.616. The molecular formula is C14H16INO2. The van der Waals surface area contributed by atoms with Crippen molar-refractivity contribution in [1.29, 1.82) is 0 Å². The lowest BCUT2D eigenvalue weighted by Crippen LogP contribution is -2.44. The Morgan fingerprint density at radius 2 is 2.17 bits per heavy atom. The molecule has 3 nitrogen and oxygen atoms in total. The third-order valence-corrected chi connectivity index (χ3v) is 4.23. The maximum Gasteiger partial charge on any atom is 0.237 e. The van der Waals surface area contributed by atoms with Gasteiger partial charge in [-0.05, 0) is 47.6 Å². The minimum absolute atomic E-state index is 0.0304. The summed E-state index contributed by atoms with van der Waals surface area (Å²) in [4.78, 5) is 25.9. The minimum Gasteiger partial charge on any atom is -0.311 e. The lowest BCUT2D eigenvalue weighted by Gasteiger charge is -2.32. The molecule has 4 heteroatoms. The van der Waals surface area contributed by atoms with E-state index in [1.165, 1.54) is 0 Å². The Morgan fingerprint density at radius 1 is 1.44 bits per heavy atom. The number of benzene rings is 1. The number of halogens is 1. The first-order valence-corrected chi connectivity index (χ1v) is 7.31. The van der Waals surface area contributed by atoms with E-state index in [2.05, 4.69) is 22.6 Å². The average molecular weight is 357 g/mol. The van der Waals surface area contributed by atoms with Crippen molar-refractivity contribution in [2.75, 3.05) is 11.4 Å². The number of ketones is 1. The van der Waals surface area contributed by atoms with Crippen molar-refractivity contribution < 1.29 is 9.59 Å². The number of Topliss-reactive ketones (excluding diaryl/α,β-unsaturated/α-hetero) is 1. The van der Waals surface area contributed by atoms with Gasteiger partial charge in [-0.2, -0.15) is 0 Å². The molecule has 1 aliphatic rings. The fraction of sp³-hybridized carbons (Fsp3) is 0.429. The lowest BCUT2D eigenvalue weighted by atomic mass is 9.91. The Hall–Kier alpha value is -0.910. The number of anilines is 1. The zero-order valence-electron chi connectivity index (χ0n) is 10.4. The predicted octanol–water partition coefficient (Wildman–Crippen LogP) is 3.01. The standard InChI is InChI=1S/C14H16INO2/c1-2-13(17)10-6-5-9-16(14(10)18)12-8-4-3-7-11(12)15/h3-4,7-8,10H,2,5-6,9H2,1H3/t10-/m1/s1. The van der Waals surface area contributed by atoms with Crippen LogP contribution < -0.4 is 4.90 Å². The van der Waals surface area contributed by atoms with E-state index in [0.29, 0.717) is 19.4 Å². The van der Waals surface area contributed by atoms with Crippen molar-refractivity contribution >= 4 is 40.0 Å². The Morgan fingerprint density at radius 3 is 2.83 bits per heavy atom. The fourth-order valence-electron chi connectivity index (χ4n) is 2.33. The van der Waals surface area contributed by atoms with E-state index in [9.17, 15) is 9.59 Å². The molecule has 1 aromatic carbocycles. The molecule has 2 rings (SSSR count). The van der Waals surface area contributed by atoms with Gasteiger partial charge in [-0.15, -0.1) is 0 Å². The molecule has 1 aromatic rings. The number of rotatable bonds is 3. The van der Waals surface area contributed by atoms with E-state index in [0.717, 1.165) is 15.7 Å². The lowest BCUT2D eigenvalue weighted by molar-refractivity contribution is -0.133. The molecule has 1 fully saturated rings. The molecule has 0 saturated carbocycles. The topological polar surface area (TPSA) is 37.4 Å². The molecule has 0 unspecified atom stereocenters. The molecule has 18 heavy (non-hydrogen) atoms. The normalized spacial score (nSPS) is 20.0. The summed E-state index contributed by atoms with van der Waals surface area (Å²) in [5.74, 6) is -0.396. The number of carbonyl (C=O) groups excluding carboxylic acids is 2. The third-order valence-electron chi connectivity index (χ3n) is 3.32. The van der Waals surface area contributed by atoms with Gasteiger partial charge in [0.1, 0.15) is 5.78 Å². The summed E-state index contributed by atoms with van der Waals surface area (Å²) in [6.45, 7) is 2.53. The van der Waals surface area contributed by atoms with Gasteiger partial charge in [-0.25, -0.2) is 0 Å². The molecule has 1 heterocycles. The van der Waals surface area contributed by atoms with Crippen LogP contribution in [0.1, 0.15) is 26.2 Å². The van der Waals surface area contributed by atoms with Crippen molar-refractivity contribution in [3.05, 3.63) is 27.8 Å². The number of nitrogens with zero attached hydrogens (tertiary/aromatic N) is 1. The highest BCUT2D eigenvalue weighted by molar-refractivity contribution is 14.1. The van der Waals surface area contributed by atoms with Crippen molar-refractivity contribution in [3.8, 4) is 0 Å². The monoisotopic (exact) mass is 357 g/mol. The molecule has 0 aliphatic carbocycles. The minimum atomic E-state index is -0.431. The van der Waals surface area contributed by atoms with E-state index >= 15 is 0 Å². The summed E-state index contributed by atoms with van der Waals surface area (Å²) in [5.41, 5.74) is 0.928. The molecule has 0 aromatic heterocycles. The molecule has 1 atom stereocenters. The van der Waals surface area contributed by atoms with Crippen molar-refractivity contribution in [1.82, 2.24) is 0 Å². The molecule has 0 spiro atoms. The van der Waals surface area contributed by atoms with E-state index in [4.69, 9.17) is 0 Å². The molecular weight excluding hydrogens is 341 g/mol. The second-order valence-corrected chi connectivity index (χ2v) is 5.62. The summed E-state index contributed by atoms with van der Waals surface area (Å²) >= 11 is 2.23. The van der Waals surface area contributed by atoms with Crippen LogP contribution in [0.5, 0.6) is 0 Å². The summed E-state index contributed by atoms with van der Waals surface area (Å²) in [5, 5.41) is 0. The zero-order valence-corrected chi connectivity index (χ0v) is 12.5. The van der Waals surface area contributed by atoms with E-state index < -0.39 is 5.92 Å². The number of para-hydroxylation sites is 1. The Labute approximate surface area is 121 Å². The molecule has 1 saturated heterocycles. The first kappa shape index (κ1) is 13.5. The highest BCUT2D eigenvalue weighted by Gasteiger charge is 2.34. The number of hydrogen-bond acceptors (Lipinski definition) is 2. The largest absolute Gasteiger partial charge is 0.311 e. The van der Waals surface area contributed by atoms with Crippen LogP contribution in [0.3, 0.4) is 0 Å². The van der Waals surface area contributed by atoms with Crippen molar-refractivity contribution in [2.24, 2.45) is 5.92 Å². The Kier molecular flexibility index (Phi) is 4.37. The summed E-state index contributed by atoms with van der Waals surface area (Å²) < 4.78 is 1.05. The maximum absolute atomic E-state index is 12.4. The molecule has 0 N–H and O–H groups in total. The van der Waals surface area contributed by atoms with Gasteiger partial charge in [0.25, 0.3) is 0 Å². The predicted molar refractivity (Wildman–Crippen MR) is 79.5 cm³/mol. The summed E-state index contributed by atoms with van der Waals surface area (Å²) in [6.07, 6.45) is 2.04. The number of carbonyl (C=O) groups is 2. The number of hydrogen-bond donors (Lipinski definition) is 0. The smallest absolute Gasteiger partial charge is 0.237 e. The van der Waals surface area contributed by atoms with E-state index in [-0.39, 0.29) is 11.7 Å². The second kappa shape index (κ2) is 5.82.